The number of hydrogen-bond donors (Lipinski definition) is 0. The van der Waals surface area contributed by atoms with Crippen molar-refractivity contribution in [3.8, 4) is 0 Å². The van der Waals surface area contributed by atoms with E-state index < -0.39 is 0 Å². The summed E-state index contributed by atoms with van der Waals surface area (Å²) < 4.78 is 0.847. The highest BCUT2D eigenvalue weighted by Crippen LogP contribution is 1.87. The summed E-state index contributed by atoms with van der Waals surface area (Å²) >= 11 is 1.50. The van der Waals surface area contributed by atoms with Crippen molar-refractivity contribution in [3.63, 3.8) is 0 Å². The van der Waals surface area contributed by atoms with Gasteiger partial charge in [0.15, 0.2) is 0 Å². The van der Waals surface area contributed by atoms with E-state index in [1.807, 2.05) is 11.4 Å². The molecule has 0 saturated carbocycles. The van der Waals surface area contributed by atoms with Crippen molar-refractivity contribution in [2.24, 2.45) is 4.99 Å². The summed E-state index contributed by atoms with van der Waals surface area (Å²) in [6, 6.07) is 1.90. The number of thiophene rings is 1. The van der Waals surface area contributed by atoms with Gasteiger partial charge in [-0.05, 0) is 11.4 Å². The summed E-state index contributed by atoms with van der Waals surface area (Å²) in [6.45, 7) is 0. The monoisotopic (exact) mass is 137 g/mol. The lowest BCUT2D eigenvalue weighted by Crippen LogP contribution is -2.12. The SMILES string of the molecule is O=C1C=c2ccsc2=N1. The maximum atomic E-state index is 10.5. The van der Waals surface area contributed by atoms with Crippen molar-refractivity contribution in [1.29, 1.82) is 0 Å². The van der Waals surface area contributed by atoms with Gasteiger partial charge >= 0.3 is 0 Å². The largest absolute Gasteiger partial charge is 0.271 e. The molecule has 0 saturated heterocycles. The lowest BCUT2D eigenvalue weighted by Gasteiger charge is -1.66. The van der Waals surface area contributed by atoms with Crippen molar-refractivity contribution in [3.05, 3.63) is 21.3 Å². The molecule has 0 aromatic carbocycles. The summed E-state index contributed by atoms with van der Waals surface area (Å²) in [6.07, 6.45) is 1.55. The first-order valence-electron chi connectivity index (χ1n) is 2.54. The average Bonchev–Trinajstić information content (AvgIpc) is 2.22. The highest BCUT2D eigenvalue weighted by molar-refractivity contribution is 7.07. The van der Waals surface area contributed by atoms with Crippen molar-refractivity contribution in [2.75, 3.05) is 0 Å². The fourth-order valence-electron chi connectivity index (χ4n) is 0.777. The Balaban J connectivity index is 3.01. The predicted molar refractivity (Wildman–Crippen MR) is 34.6 cm³/mol. The molecule has 2 rings (SSSR count). The van der Waals surface area contributed by atoms with E-state index in [2.05, 4.69) is 4.99 Å². The van der Waals surface area contributed by atoms with Gasteiger partial charge < -0.3 is 0 Å². The van der Waals surface area contributed by atoms with Crippen molar-refractivity contribution in [1.82, 2.24) is 0 Å². The van der Waals surface area contributed by atoms with Crippen LogP contribution in [0.4, 0.5) is 0 Å². The second-order valence-electron chi connectivity index (χ2n) is 1.78. The average molecular weight is 137 g/mol. The second kappa shape index (κ2) is 1.51. The molecule has 3 heteroatoms. The smallest absolute Gasteiger partial charge is 0.267 e. The topological polar surface area (TPSA) is 29.4 Å². The predicted octanol–water partition coefficient (Wildman–Crippen LogP) is -0.312. The maximum absolute atomic E-state index is 10.5. The first kappa shape index (κ1) is 4.88. The Morgan fingerprint density at radius 3 is 3.22 bits per heavy atom. The van der Waals surface area contributed by atoms with Crippen LogP contribution in [0, 0.1) is 0 Å². The molecule has 0 atom stereocenters. The van der Waals surface area contributed by atoms with Gasteiger partial charge in [0.2, 0.25) is 0 Å². The number of carbonyl (C=O) groups excluding carboxylic acids is 1. The Morgan fingerprint density at radius 1 is 1.56 bits per heavy atom. The lowest BCUT2D eigenvalue weighted by atomic mass is 10.4. The molecular formula is C6H3NOS. The summed E-state index contributed by atoms with van der Waals surface area (Å²) in [7, 11) is 0. The van der Waals surface area contributed by atoms with E-state index in [1.165, 1.54) is 11.3 Å². The molecule has 9 heavy (non-hydrogen) atoms. The molecule has 0 radical (unpaired) electrons. The first-order chi connectivity index (χ1) is 4.36. The molecule has 0 fully saturated rings. The molecule has 0 aliphatic carbocycles. The van der Waals surface area contributed by atoms with Gasteiger partial charge in [-0.3, -0.25) is 4.79 Å². The van der Waals surface area contributed by atoms with Crippen LogP contribution in [0.2, 0.25) is 0 Å². The minimum absolute atomic E-state index is 0.128. The Kier molecular flexibility index (Phi) is 0.818. The van der Waals surface area contributed by atoms with Crippen LogP contribution in [0.1, 0.15) is 0 Å². The third-order valence-electron chi connectivity index (χ3n) is 1.16. The van der Waals surface area contributed by atoms with E-state index in [-0.39, 0.29) is 5.91 Å². The van der Waals surface area contributed by atoms with Crippen LogP contribution in [-0.2, 0) is 4.79 Å². The Labute approximate surface area is 55.2 Å². The summed E-state index contributed by atoms with van der Waals surface area (Å²) in [5, 5.41) is 2.89. The van der Waals surface area contributed by atoms with Crippen molar-refractivity contribution >= 4 is 23.3 Å². The minimum atomic E-state index is -0.128. The Bertz CT molecular complexity index is 330. The first-order valence-corrected chi connectivity index (χ1v) is 3.42. The lowest BCUT2D eigenvalue weighted by molar-refractivity contribution is -0.112. The van der Waals surface area contributed by atoms with Crippen molar-refractivity contribution in [2.45, 2.75) is 0 Å². The molecule has 1 amide bonds. The number of fused-ring (bicyclic) bond motifs is 1. The molecule has 1 aliphatic rings. The van der Waals surface area contributed by atoms with Gasteiger partial charge in [-0.25, -0.2) is 0 Å². The number of nitrogens with zero attached hydrogens (tertiary/aromatic N) is 1. The van der Waals surface area contributed by atoms with Gasteiger partial charge in [0.05, 0.1) is 0 Å². The zero-order valence-electron chi connectivity index (χ0n) is 4.50. The zero-order valence-corrected chi connectivity index (χ0v) is 5.31. The molecule has 1 aromatic heterocycles. The van der Waals surface area contributed by atoms with Gasteiger partial charge in [-0.2, -0.15) is 4.99 Å². The molecule has 0 unspecified atom stereocenters. The highest BCUT2D eigenvalue weighted by atomic mass is 32.1. The molecular weight excluding hydrogens is 134 g/mol. The molecule has 1 aromatic rings. The van der Waals surface area contributed by atoms with Gasteiger partial charge in [-0.15, -0.1) is 11.3 Å². The molecule has 44 valence electrons. The van der Waals surface area contributed by atoms with Crippen LogP contribution in [0.15, 0.2) is 16.4 Å². The van der Waals surface area contributed by atoms with E-state index in [9.17, 15) is 4.79 Å². The van der Waals surface area contributed by atoms with E-state index >= 15 is 0 Å². The second-order valence-corrected chi connectivity index (χ2v) is 2.67. The van der Waals surface area contributed by atoms with Gasteiger partial charge in [-0.1, -0.05) is 0 Å². The fraction of sp³-hybridized carbons (Fsp3) is 0. The number of rotatable bonds is 0. The number of hydrogen-bond acceptors (Lipinski definition) is 2. The van der Waals surface area contributed by atoms with Crippen molar-refractivity contribution < 1.29 is 4.79 Å². The normalized spacial score (nSPS) is 14.4. The van der Waals surface area contributed by atoms with Gasteiger partial charge in [0.1, 0.15) is 4.67 Å². The fourth-order valence-corrected chi connectivity index (χ4v) is 1.53. The van der Waals surface area contributed by atoms with Crippen LogP contribution in [0.5, 0.6) is 0 Å². The zero-order chi connectivity index (χ0) is 6.27. The third kappa shape index (κ3) is 0.616. The molecule has 0 bridgehead atoms. The van der Waals surface area contributed by atoms with Gasteiger partial charge in [0.25, 0.3) is 5.91 Å². The van der Waals surface area contributed by atoms with E-state index in [1.54, 1.807) is 6.08 Å². The molecule has 2 nitrogen and oxygen atoms in total. The number of carbonyl (C=O) groups is 1. The molecule has 0 N–H and O–H groups in total. The van der Waals surface area contributed by atoms with E-state index in [0.29, 0.717) is 0 Å². The van der Waals surface area contributed by atoms with Crippen LogP contribution in [0.25, 0.3) is 6.08 Å². The third-order valence-corrected chi connectivity index (χ3v) is 1.99. The molecule has 1 aliphatic heterocycles. The van der Waals surface area contributed by atoms with E-state index in [0.717, 1.165) is 9.89 Å². The summed E-state index contributed by atoms with van der Waals surface area (Å²) in [5.74, 6) is -0.128. The van der Waals surface area contributed by atoms with Crippen LogP contribution in [-0.4, -0.2) is 5.91 Å². The molecule has 2 heterocycles. The van der Waals surface area contributed by atoms with Crippen LogP contribution < -0.4 is 9.89 Å². The molecule has 0 spiro atoms. The quantitative estimate of drug-likeness (QED) is 0.482. The Morgan fingerprint density at radius 2 is 2.44 bits per heavy atom. The standard InChI is InChI=1S/C6H3NOS/c8-5-3-4-1-2-9-6(4)7-5/h1-3H. The maximum Gasteiger partial charge on any atom is 0.271 e. The summed E-state index contributed by atoms with van der Waals surface area (Å²) in [4.78, 5) is 14.3. The van der Waals surface area contributed by atoms with Gasteiger partial charge in [0, 0.05) is 11.3 Å². The highest BCUT2D eigenvalue weighted by Gasteiger charge is 2.01. The Hall–Kier alpha value is -0.960. The van der Waals surface area contributed by atoms with Crippen LogP contribution in [0.3, 0.4) is 0 Å². The summed E-state index contributed by atoms with van der Waals surface area (Å²) in [5.41, 5.74) is 0. The number of amides is 1. The minimum Gasteiger partial charge on any atom is -0.267 e. The van der Waals surface area contributed by atoms with Crippen LogP contribution >= 0.6 is 11.3 Å². The van der Waals surface area contributed by atoms with E-state index in [4.69, 9.17) is 0 Å².